The highest BCUT2D eigenvalue weighted by molar-refractivity contribution is 7.93. The minimum Gasteiger partial charge on any atom is -0.457 e. The molecule has 0 saturated heterocycles. The summed E-state index contributed by atoms with van der Waals surface area (Å²) in [6.45, 7) is 0. The number of fused-ring (bicyclic) bond motifs is 2. The number of alkyl halides is 3. The zero-order valence-electron chi connectivity index (χ0n) is 14.0. The van der Waals surface area contributed by atoms with Gasteiger partial charge in [-0.05, 0) is 36.8 Å². The zero-order valence-corrected chi connectivity index (χ0v) is 14.8. The van der Waals surface area contributed by atoms with E-state index in [0.717, 1.165) is 17.0 Å². The lowest BCUT2D eigenvalue weighted by molar-refractivity contribution is -0.0429. The number of sulfonamides is 1. The van der Waals surface area contributed by atoms with Gasteiger partial charge in [-0.2, -0.15) is 26.7 Å². The van der Waals surface area contributed by atoms with Crippen molar-refractivity contribution in [1.29, 1.82) is 0 Å². The number of ether oxygens (including phenoxy) is 1. The van der Waals surface area contributed by atoms with Gasteiger partial charge in [-0.3, -0.25) is 14.6 Å². The number of carbonyl (C=O) groups excluding carboxylic acids is 1. The van der Waals surface area contributed by atoms with Crippen LogP contribution < -0.4 is 9.46 Å². The molecular formula is C17H12F3N3O4S. The molecule has 11 heteroatoms. The van der Waals surface area contributed by atoms with E-state index in [9.17, 15) is 26.4 Å². The predicted molar refractivity (Wildman–Crippen MR) is 93.9 cm³/mol. The molecule has 2 N–H and O–H groups in total. The third-order valence-corrected chi connectivity index (χ3v) is 5.44. The fourth-order valence-electron chi connectivity index (χ4n) is 3.05. The Morgan fingerprint density at radius 3 is 2.68 bits per heavy atom. The number of aromatic nitrogens is 2. The lowest BCUT2D eigenvalue weighted by Gasteiger charge is -2.16. The van der Waals surface area contributed by atoms with Crippen molar-refractivity contribution in [1.82, 2.24) is 10.2 Å². The number of hydrogen-bond donors (Lipinski definition) is 2. The van der Waals surface area contributed by atoms with Gasteiger partial charge in [0, 0.05) is 22.9 Å². The van der Waals surface area contributed by atoms with Crippen LogP contribution in [-0.2, 0) is 16.4 Å². The maximum atomic E-state index is 12.7. The molecule has 1 aliphatic rings. The van der Waals surface area contributed by atoms with Crippen LogP contribution in [0.3, 0.4) is 0 Å². The molecule has 28 heavy (non-hydrogen) atoms. The number of nitrogens with one attached hydrogen (secondary N) is 2. The molecule has 0 unspecified atom stereocenters. The number of aromatic amines is 1. The van der Waals surface area contributed by atoms with E-state index in [0.29, 0.717) is 11.3 Å². The lowest BCUT2D eigenvalue weighted by Crippen LogP contribution is -2.30. The number of halogens is 3. The van der Waals surface area contributed by atoms with Crippen LogP contribution in [0.1, 0.15) is 22.3 Å². The van der Waals surface area contributed by atoms with Crippen LogP contribution in [0.25, 0.3) is 10.9 Å². The van der Waals surface area contributed by atoms with E-state index in [1.807, 2.05) is 0 Å². The van der Waals surface area contributed by atoms with Crippen molar-refractivity contribution in [3.05, 3.63) is 47.7 Å². The number of ketones is 1. The number of hydrogen-bond acceptors (Lipinski definition) is 5. The third-order valence-electron chi connectivity index (χ3n) is 4.34. The molecule has 0 aliphatic heterocycles. The van der Waals surface area contributed by atoms with Crippen LogP contribution in [0.5, 0.6) is 11.5 Å². The molecule has 3 aromatic rings. The van der Waals surface area contributed by atoms with E-state index in [-0.39, 0.29) is 24.2 Å². The first-order chi connectivity index (χ1) is 13.2. The Kier molecular flexibility index (Phi) is 4.07. The van der Waals surface area contributed by atoms with Crippen LogP contribution in [0.15, 0.2) is 36.5 Å². The Balaban J connectivity index is 1.72. The molecule has 0 saturated carbocycles. The highest BCUT2D eigenvalue weighted by atomic mass is 32.2. The quantitative estimate of drug-likeness (QED) is 0.681. The Labute approximate surface area is 156 Å². The minimum atomic E-state index is -5.64. The number of benzene rings is 2. The smallest absolute Gasteiger partial charge is 0.457 e. The molecule has 1 aromatic heterocycles. The summed E-state index contributed by atoms with van der Waals surface area (Å²) in [4.78, 5) is 12.2. The minimum absolute atomic E-state index is 0.0528. The highest BCUT2D eigenvalue weighted by Crippen LogP contribution is 2.39. The van der Waals surface area contributed by atoms with Crippen molar-refractivity contribution in [2.24, 2.45) is 0 Å². The number of nitrogens with zero attached hydrogens (tertiary/aromatic N) is 1. The van der Waals surface area contributed by atoms with Crippen molar-refractivity contribution in [2.75, 3.05) is 4.72 Å². The number of rotatable bonds is 4. The maximum absolute atomic E-state index is 12.7. The molecule has 0 spiro atoms. The predicted octanol–water partition coefficient (Wildman–Crippen LogP) is 3.75. The fraction of sp³-hybridized carbons (Fsp3) is 0.176. The van der Waals surface area contributed by atoms with Crippen LogP contribution in [-0.4, -0.2) is 29.9 Å². The van der Waals surface area contributed by atoms with E-state index in [2.05, 4.69) is 10.2 Å². The summed E-state index contributed by atoms with van der Waals surface area (Å²) >= 11 is 0. The summed E-state index contributed by atoms with van der Waals surface area (Å²) in [6.07, 6.45) is 1.89. The van der Waals surface area contributed by atoms with Gasteiger partial charge in [0.25, 0.3) is 0 Å². The SMILES string of the molecule is O=C1CCc2c(Oc3ccc4[nH]ncc4c3)ccc(NS(=O)(=O)C(F)(F)F)c21. The van der Waals surface area contributed by atoms with Gasteiger partial charge in [0.15, 0.2) is 5.78 Å². The van der Waals surface area contributed by atoms with Gasteiger partial charge >= 0.3 is 15.5 Å². The molecule has 0 fully saturated rings. The molecule has 7 nitrogen and oxygen atoms in total. The van der Waals surface area contributed by atoms with Gasteiger partial charge in [0.05, 0.1) is 17.4 Å². The Morgan fingerprint density at radius 1 is 1.14 bits per heavy atom. The van der Waals surface area contributed by atoms with E-state index in [1.54, 1.807) is 24.4 Å². The van der Waals surface area contributed by atoms with Crippen molar-refractivity contribution in [3.8, 4) is 11.5 Å². The molecule has 1 aliphatic carbocycles. The van der Waals surface area contributed by atoms with Crippen LogP contribution in [0.2, 0.25) is 0 Å². The van der Waals surface area contributed by atoms with Crippen LogP contribution >= 0.6 is 0 Å². The Hall–Kier alpha value is -3.08. The lowest BCUT2D eigenvalue weighted by atomic mass is 10.1. The molecule has 146 valence electrons. The van der Waals surface area contributed by atoms with E-state index in [1.165, 1.54) is 10.8 Å². The topological polar surface area (TPSA) is 101 Å². The van der Waals surface area contributed by atoms with Crippen molar-refractivity contribution >= 4 is 32.4 Å². The van der Waals surface area contributed by atoms with E-state index >= 15 is 0 Å². The standard InChI is InChI=1S/C17H12F3N3O4S/c18-17(19,20)28(25,26)23-13-4-6-15(11-2-5-14(24)16(11)13)27-10-1-3-12-9(7-10)8-21-22-12/h1,3-4,6-8,23H,2,5H2,(H,21,22). The average molecular weight is 411 g/mol. The molecule has 0 bridgehead atoms. The maximum Gasteiger partial charge on any atom is 0.516 e. The summed E-state index contributed by atoms with van der Waals surface area (Å²) < 4.78 is 68.1. The molecule has 0 atom stereocenters. The van der Waals surface area contributed by atoms with E-state index < -0.39 is 27.0 Å². The van der Waals surface area contributed by atoms with Gasteiger partial charge < -0.3 is 4.74 Å². The third kappa shape index (κ3) is 3.07. The summed E-state index contributed by atoms with van der Waals surface area (Å²) in [5.41, 5.74) is -4.84. The number of Topliss-reactive ketones (excluding diaryl/α,β-unsaturated/α-hetero) is 1. The summed E-state index contributed by atoms with van der Waals surface area (Å²) in [5, 5.41) is 7.48. The molecular weight excluding hydrogens is 399 g/mol. The normalized spacial score (nSPS) is 14.3. The largest absolute Gasteiger partial charge is 0.516 e. The summed E-state index contributed by atoms with van der Waals surface area (Å²) in [5.74, 6) is 0.267. The summed E-state index contributed by atoms with van der Waals surface area (Å²) in [7, 11) is -5.64. The second kappa shape index (κ2) is 6.23. The number of anilines is 1. The van der Waals surface area contributed by atoms with Crippen LogP contribution in [0.4, 0.5) is 18.9 Å². The van der Waals surface area contributed by atoms with Gasteiger partial charge in [-0.15, -0.1) is 0 Å². The number of H-pyrrole nitrogens is 1. The highest BCUT2D eigenvalue weighted by Gasteiger charge is 2.46. The first-order valence-electron chi connectivity index (χ1n) is 8.05. The summed E-state index contributed by atoms with van der Waals surface area (Å²) in [6, 6.07) is 7.56. The van der Waals surface area contributed by atoms with Crippen molar-refractivity contribution in [2.45, 2.75) is 18.3 Å². The van der Waals surface area contributed by atoms with Gasteiger partial charge in [-0.25, -0.2) is 0 Å². The first kappa shape index (κ1) is 18.3. The molecule has 2 aromatic carbocycles. The molecule has 4 rings (SSSR count). The molecule has 0 radical (unpaired) electrons. The molecule has 1 heterocycles. The first-order valence-corrected chi connectivity index (χ1v) is 9.53. The monoisotopic (exact) mass is 411 g/mol. The second-order valence-corrected chi connectivity index (χ2v) is 7.83. The van der Waals surface area contributed by atoms with Crippen LogP contribution in [0, 0.1) is 0 Å². The van der Waals surface area contributed by atoms with Gasteiger partial charge in [0.1, 0.15) is 11.5 Å². The number of carbonyl (C=O) groups is 1. The Morgan fingerprint density at radius 2 is 1.93 bits per heavy atom. The fourth-order valence-corrected chi connectivity index (χ4v) is 3.63. The van der Waals surface area contributed by atoms with Crippen molar-refractivity contribution < 1.29 is 31.1 Å². The van der Waals surface area contributed by atoms with Crippen molar-refractivity contribution in [3.63, 3.8) is 0 Å². The second-order valence-electron chi connectivity index (χ2n) is 6.16. The average Bonchev–Trinajstić information content (AvgIpc) is 3.22. The van der Waals surface area contributed by atoms with E-state index in [4.69, 9.17) is 4.74 Å². The van der Waals surface area contributed by atoms with Gasteiger partial charge in [0.2, 0.25) is 0 Å². The zero-order chi connectivity index (χ0) is 20.1. The van der Waals surface area contributed by atoms with Gasteiger partial charge in [-0.1, -0.05) is 0 Å². The molecule has 0 amide bonds. The Bertz CT molecular complexity index is 1200.